The lowest BCUT2D eigenvalue weighted by Crippen LogP contribution is -2.50. The minimum atomic E-state index is -0.875. The number of carboxylic acids is 1. The molecule has 0 rings (SSSR count). The molecule has 0 aliphatic rings. The molecule has 0 aliphatic heterocycles. The van der Waals surface area contributed by atoms with Crippen LogP contribution >= 0.6 is 0 Å². The smallest absolute Gasteiger partial charge is 0.362 e. The molecule has 0 fully saturated rings. The number of hydrogen-bond donors (Lipinski definition) is 1. The number of likely N-dealkylation sites (N-methyl/N-ethyl adjacent to an activating group) is 1. The molecule has 8 heteroatoms. The molecule has 0 saturated heterocycles. The van der Waals surface area contributed by atoms with Crippen molar-refractivity contribution in [3.8, 4) is 0 Å². The lowest BCUT2D eigenvalue weighted by molar-refractivity contribution is -0.887. The van der Waals surface area contributed by atoms with Gasteiger partial charge in [0.1, 0.15) is 6.61 Å². The predicted molar refractivity (Wildman–Crippen MR) is 197 cm³/mol. The average molecular weight is 683 g/mol. The molecule has 2 unspecified atom stereocenters. The Labute approximate surface area is 295 Å². The van der Waals surface area contributed by atoms with Crippen LogP contribution in [-0.2, 0) is 28.6 Å². The second-order valence-corrected chi connectivity index (χ2v) is 14.5. The molecule has 0 spiro atoms. The second kappa shape index (κ2) is 32.3. The fourth-order valence-corrected chi connectivity index (χ4v) is 5.78. The summed E-state index contributed by atoms with van der Waals surface area (Å²) in [6, 6.07) is -0.610. The van der Waals surface area contributed by atoms with Gasteiger partial charge in [0.15, 0.2) is 12.1 Å². The van der Waals surface area contributed by atoms with E-state index in [2.05, 4.69) is 26.0 Å². The normalized spacial score (nSPS) is 13.1. The number of allylic oxidation sites excluding steroid dienone is 2. The van der Waals surface area contributed by atoms with E-state index in [9.17, 15) is 19.5 Å². The average Bonchev–Trinajstić information content (AvgIpc) is 3.03. The van der Waals surface area contributed by atoms with Crippen molar-refractivity contribution in [3.63, 3.8) is 0 Å². The number of carbonyl (C=O) groups excluding carboxylic acids is 2. The van der Waals surface area contributed by atoms with Gasteiger partial charge >= 0.3 is 17.9 Å². The molecule has 0 amide bonds. The van der Waals surface area contributed by atoms with E-state index in [1.807, 2.05) is 21.1 Å². The number of nitrogens with zero attached hydrogens (tertiary/aromatic N) is 1. The molecule has 0 heterocycles. The van der Waals surface area contributed by atoms with Crippen molar-refractivity contribution in [3.05, 3.63) is 12.2 Å². The summed E-state index contributed by atoms with van der Waals surface area (Å²) in [5.74, 6) is -1.47. The molecule has 0 radical (unpaired) electrons. The molecule has 0 saturated carbocycles. The van der Waals surface area contributed by atoms with Gasteiger partial charge in [-0.3, -0.25) is 9.59 Å². The van der Waals surface area contributed by atoms with Crippen molar-refractivity contribution in [1.82, 2.24) is 0 Å². The zero-order valence-electron chi connectivity index (χ0n) is 32.0. The molecular formula is C40H76NO7+. The van der Waals surface area contributed by atoms with Gasteiger partial charge in [-0.15, -0.1) is 0 Å². The first-order valence-corrected chi connectivity index (χ1v) is 19.7. The van der Waals surface area contributed by atoms with Crippen LogP contribution in [0, 0.1) is 0 Å². The highest BCUT2D eigenvalue weighted by Gasteiger charge is 2.31. The van der Waals surface area contributed by atoms with Crippen molar-refractivity contribution in [2.24, 2.45) is 0 Å². The molecule has 0 bridgehead atoms. The first kappa shape index (κ1) is 46.1. The molecule has 0 aromatic rings. The number of hydrogen-bond acceptors (Lipinski definition) is 6. The fraction of sp³-hybridized carbons (Fsp3) is 0.875. The summed E-state index contributed by atoms with van der Waals surface area (Å²) in [7, 11) is 5.52. The summed E-state index contributed by atoms with van der Waals surface area (Å²) < 4.78 is 17.2. The zero-order chi connectivity index (χ0) is 35.7. The largest absolute Gasteiger partial charge is 0.477 e. The number of unbranched alkanes of at least 4 members (excludes halogenated alkanes) is 19. The molecule has 48 heavy (non-hydrogen) atoms. The molecular weight excluding hydrogens is 606 g/mol. The third-order valence-electron chi connectivity index (χ3n) is 8.91. The molecule has 0 aliphatic carbocycles. The number of ether oxygens (including phenoxy) is 3. The minimum absolute atomic E-state index is 0.0491. The van der Waals surface area contributed by atoms with Gasteiger partial charge in [0.05, 0.1) is 34.4 Å². The topological polar surface area (TPSA) is 99.1 Å². The number of aliphatic carboxylic acids is 1. The van der Waals surface area contributed by atoms with Crippen molar-refractivity contribution in [2.45, 2.75) is 187 Å². The molecule has 0 aromatic heterocycles. The number of esters is 2. The maximum Gasteiger partial charge on any atom is 0.362 e. The molecule has 8 nitrogen and oxygen atoms in total. The van der Waals surface area contributed by atoms with Crippen LogP contribution in [0.5, 0.6) is 0 Å². The number of quaternary nitrogens is 1. The van der Waals surface area contributed by atoms with Gasteiger partial charge in [-0.2, -0.15) is 0 Å². The van der Waals surface area contributed by atoms with Gasteiger partial charge in [0.25, 0.3) is 0 Å². The highest BCUT2D eigenvalue weighted by Crippen LogP contribution is 2.14. The maximum atomic E-state index is 12.6. The molecule has 1 N–H and O–H groups in total. The van der Waals surface area contributed by atoms with Crippen molar-refractivity contribution in [1.29, 1.82) is 0 Å². The third-order valence-corrected chi connectivity index (χ3v) is 8.91. The van der Waals surface area contributed by atoms with Gasteiger partial charge in [-0.05, 0) is 32.1 Å². The summed E-state index contributed by atoms with van der Waals surface area (Å²) >= 11 is 0. The molecule has 282 valence electrons. The third kappa shape index (κ3) is 30.2. The van der Waals surface area contributed by atoms with Crippen molar-refractivity contribution < 1.29 is 38.2 Å². The quantitative estimate of drug-likeness (QED) is 0.0307. The van der Waals surface area contributed by atoms with Crippen LogP contribution in [0.4, 0.5) is 0 Å². The Hall–Kier alpha value is -1.93. The van der Waals surface area contributed by atoms with E-state index >= 15 is 0 Å². The van der Waals surface area contributed by atoms with Crippen LogP contribution < -0.4 is 0 Å². The number of carboxylic acid groups (broad SMARTS) is 1. The van der Waals surface area contributed by atoms with Gasteiger partial charge in [-0.1, -0.05) is 135 Å². The van der Waals surface area contributed by atoms with Gasteiger partial charge in [-0.25, -0.2) is 4.79 Å². The Morgan fingerprint density at radius 2 is 1.06 bits per heavy atom. The maximum absolute atomic E-state index is 12.6. The van der Waals surface area contributed by atoms with E-state index in [0.29, 0.717) is 19.3 Å². The SMILES string of the molecule is CCCC/C=C\CCCCCCCC(=O)OC(COCCC(C(=O)O)[N+](C)(C)C)COC(=O)CCCCCCCCCCCCCCC. The predicted octanol–water partition coefficient (Wildman–Crippen LogP) is 9.97. The van der Waals surface area contributed by atoms with Crippen LogP contribution in [-0.4, -0.2) is 80.6 Å². The summed E-state index contributed by atoms with van der Waals surface area (Å²) in [4.78, 5) is 36.7. The van der Waals surface area contributed by atoms with Gasteiger partial charge in [0.2, 0.25) is 0 Å². The summed E-state index contributed by atoms with van der Waals surface area (Å²) in [5.41, 5.74) is 0. The van der Waals surface area contributed by atoms with Crippen LogP contribution in [0.2, 0.25) is 0 Å². The number of carbonyl (C=O) groups is 3. The standard InChI is InChI=1S/C40H75NO7/c1-6-8-10-12-14-16-18-19-21-22-24-26-28-30-38(42)47-35-36(34-46-33-32-37(40(44)45)41(3,4)5)48-39(43)31-29-27-25-23-20-17-15-13-11-9-7-2/h13,15,36-37H,6-12,14,16-35H2,1-5H3/p+1/b15-13-. The van der Waals surface area contributed by atoms with E-state index in [1.165, 1.54) is 89.9 Å². The Balaban J connectivity index is 4.39. The monoisotopic (exact) mass is 683 g/mol. The first-order valence-electron chi connectivity index (χ1n) is 19.7. The van der Waals surface area contributed by atoms with E-state index in [4.69, 9.17) is 14.2 Å². The Kier molecular flexibility index (Phi) is 31.0. The van der Waals surface area contributed by atoms with Crippen molar-refractivity contribution >= 4 is 17.9 Å². The van der Waals surface area contributed by atoms with Crippen LogP contribution in [0.3, 0.4) is 0 Å². The van der Waals surface area contributed by atoms with E-state index in [-0.39, 0.29) is 36.2 Å². The Bertz CT molecular complexity index is 808. The fourth-order valence-electron chi connectivity index (χ4n) is 5.78. The summed E-state index contributed by atoms with van der Waals surface area (Å²) in [5, 5.41) is 9.58. The first-order chi connectivity index (χ1) is 23.1. The summed E-state index contributed by atoms with van der Waals surface area (Å²) in [6.45, 7) is 4.69. The Morgan fingerprint density at radius 1 is 0.604 bits per heavy atom. The second-order valence-electron chi connectivity index (χ2n) is 14.5. The van der Waals surface area contributed by atoms with Crippen molar-refractivity contribution in [2.75, 3.05) is 41.0 Å². The zero-order valence-corrected chi connectivity index (χ0v) is 32.0. The summed E-state index contributed by atoms with van der Waals surface area (Å²) in [6.07, 6.45) is 31.0. The Morgan fingerprint density at radius 3 is 1.56 bits per heavy atom. The van der Waals surface area contributed by atoms with E-state index in [0.717, 1.165) is 51.4 Å². The van der Waals surface area contributed by atoms with Crippen LogP contribution in [0.25, 0.3) is 0 Å². The minimum Gasteiger partial charge on any atom is -0.477 e. The highest BCUT2D eigenvalue weighted by molar-refractivity contribution is 5.72. The van der Waals surface area contributed by atoms with Gasteiger partial charge < -0.3 is 23.8 Å². The lowest BCUT2D eigenvalue weighted by atomic mass is 10.0. The van der Waals surface area contributed by atoms with Crippen LogP contribution in [0.15, 0.2) is 12.2 Å². The highest BCUT2D eigenvalue weighted by atomic mass is 16.6. The van der Waals surface area contributed by atoms with E-state index in [1.54, 1.807) is 0 Å². The molecule has 2 atom stereocenters. The number of rotatable bonds is 35. The van der Waals surface area contributed by atoms with Gasteiger partial charge in [0, 0.05) is 19.3 Å². The molecule has 0 aromatic carbocycles. The van der Waals surface area contributed by atoms with Crippen LogP contribution in [0.1, 0.15) is 174 Å². The lowest BCUT2D eigenvalue weighted by Gasteiger charge is -2.31. The van der Waals surface area contributed by atoms with E-state index < -0.39 is 18.1 Å².